The highest BCUT2D eigenvalue weighted by atomic mass is 16.2. The fourth-order valence-electron chi connectivity index (χ4n) is 3.57. The van der Waals surface area contributed by atoms with Gasteiger partial charge in [0.05, 0.1) is 0 Å². The van der Waals surface area contributed by atoms with Crippen molar-refractivity contribution in [2.45, 2.75) is 45.6 Å². The second-order valence-electron chi connectivity index (χ2n) is 6.45. The van der Waals surface area contributed by atoms with Crippen molar-refractivity contribution in [1.29, 1.82) is 0 Å². The van der Waals surface area contributed by atoms with Gasteiger partial charge in [-0.2, -0.15) is 0 Å². The standard InChI is InChI=1S/C15H27N3O2/c1-11-8-13(10-14(16)9-11)15(20)18-5-3-4-17(6-7-18)12(2)19/h11,13-14H,3-10,16H2,1-2H3. The number of carbonyl (C=O) groups excluding carboxylic acids is 2. The van der Waals surface area contributed by atoms with Gasteiger partial charge in [-0.1, -0.05) is 6.92 Å². The highest BCUT2D eigenvalue weighted by molar-refractivity contribution is 5.79. The predicted molar refractivity (Wildman–Crippen MR) is 77.9 cm³/mol. The van der Waals surface area contributed by atoms with Crippen LogP contribution in [0, 0.1) is 11.8 Å². The molecule has 1 saturated heterocycles. The number of hydrogen-bond acceptors (Lipinski definition) is 3. The highest BCUT2D eigenvalue weighted by Gasteiger charge is 2.32. The Morgan fingerprint density at radius 1 is 1.00 bits per heavy atom. The molecule has 3 unspecified atom stereocenters. The van der Waals surface area contributed by atoms with Crippen LogP contribution in [0.25, 0.3) is 0 Å². The molecule has 0 bridgehead atoms. The van der Waals surface area contributed by atoms with Crippen molar-refractivity contribution in [3.05, 3.63) is 0 Å². The van der Waals surface area contributed by atoms with E-state index in [1.54, 1.807) is 6.92 Å². The van der Waals surface area contributed by atoms with Gasteiger partial charge in [0.2, 0.25) is 11.8 Å². The molecule has 0 aromatic rings. The van der Waals surface area contributed by atoms with E-state index in [2.05, 4.69) is 6.92 Å². The van der Waals surface area contributed by atoms with Crippen molar-refractivity contribution in [2.24, 2.45) is 17.6 Å². The highest BCUT2D eigenvalue weighted by Crippen LogP contribution is 2.29. The summed E-state index contributed by atoms with van der Waals surface area (Å²) in [6.45, 7) is 6.63. The average Bonchev–Trinajstić information content (AvgIpc) is 2.62. The molecule has 2 rings (SSSR count). The summed E-state index contributed by atoms with van der Waals surface area (Å²) in [6.07, 6.45) is 3.68. The minimum atomic E-state index is 0.0811. The van der Waals surface area contributed by atoms with Crippen molar-refractivity contribution < 1.29 is 9.59 Å². The van der Waals surface area contributed by atoms with Gasteiger partial charge in [-0.3, -0.25) is 9.59 Å². The molecule has 0 spiro atoms. The number of rotatable bonds is 1. The fraction of sp³-hybridized carbons (Fsp3) is 0.867. The van der Waals surface area contributed by atoms with Gasteiger partial charge < -0.3 is 15.5 Å². The Hall–Kier alpha value is -1.10. The largest absolute Gasteiger partial charge is 0.341 e. The van der Waals surface area contributed by atoms with Crippen molar-refractivity contribution in [1.82, 2.24) is 9.80 Å². The Bertz CT molecular complexity index is 362. The molecule has 0 aromatic heterocycles. The zero-order chi connectivity index (χ0) is 14.7. The maximum Gasteiger partial charge on any atom is 0.225 e. The summed E-state index contributed by atoms with van der Waals surface area (Å²) in [7, 11) is 0. The van der Waals surface area contributed by atoms with E-state index in [4.69, 9.17) is 5.73 Å². The second kappa shape index (κ2) is 6.57. The molecule has 1 aliphatic heterocycles. The molecular weight excluding hydrogens is 254 g/mol. The maximum atomic E-state index is 12.6. The Kier molecular flexibility index (Phi) is 5.02. The molecule has 2 aliphatic rings. The summed E-state index contributed by atoms with van der Waals surface area (Å²) in [6, 6.07) is 0.161. The van der Waals surface area contributed by atoms with Gasteiger partial charge in [-0.25, -0.2) is 0 Å². The van der Waals surface area contributed by atoms with Crippen molar-refractivity contribution in [3.63, 3.8) is 0 Å². The second-order valence-corrected chi connectivity index (χ2v) is 6.45. The Morgan fingerprint density at radius 2 is 1.65 bits per heavy atom. The summed E-state index contributed by atoms with van der Waals surface area (Å²) in [4.78, 5) is 27.8. The Morgan fingerprint density at radius 3 is 2.30 bits per heavy atom. The van der Waals surface area contributed by atoms with Gasteiger partial charge in [0.15, 0.2) is 0 Å². The predicted octanol–water partition coefficient (Wildman–Crippen LogP) is 0.831. The Labute approximate surface area is 121 Å². The first kappa shape index (κ1) is 15.3. The van der Waals surface area contributed by atoms with Gasteiger partial charge in [0.25, 0.3) is 0 Å². The topological polar surface area (TPSA) is 66.6 Å². The van der Waals surface area contributed by atoms with Gasteiger partial charge in [0, 0.05) is 45.1 Å². The number of hydrogen-bond donors (Lipinski definition) is 1. The van der Waals surface area contributed by atoms with Gasteiger partial charge >= 0.3 is 0 Å². The van der Waals surface area contributed by atoms with Crippen LogP contribution in [-0.4, -0.2) is 53.8 Å². The zero-order valence-corrected chi connectivity index (χ0v) is 12.7. The molecule has 1 saturated carbocycles. The van der Waals surface area contributed by atoms with Crippen LogP contribution in [0.2, 0.25) is 0 Å². The first-order chi connectivity index (χ1) is 9.47. The molecule has 2 amide bonds. The van der Waals surface area contributed by atoms with Crippen LogP contribution in [0.4, 0.5) is 0 Å². The van der Waals surface area contributed by atoms with E-state index >= 15 is 0 Å². The number of amides is 2. The maximum absolute atomic E-state index is 12.6. The van der Waals surface area contributed by atoms with E-state index in [1.165, 1.54) is 0 Å². The quantitative estimate of drug-likeness (QED) is 0.774. The lowest BCUT2D eigenvalue weighted by Gasteiger charge is -2.33. The Balaban J connectivity index is 1.93. The molecule has 0 radical (unpaired) electrons. The molecule has 5 nitrogen and oxygen atoms in total. The van der Waals surface area contributed by atoms with Crippen LogP contribution in [0.5, 0.6) is 0 Å². The van der Waals surface area contributed by atoms with Gasteiger partial charge in [0.1, 0.15) is 0 Å². The van der Waals surface area contributed by atoms with Crippen LogP contribution in [0.15, 0.2) is 0 Å². The third-order valence-electron chi connectivity index (χ3n) is 4.58. The lowest BCUT2D eigenvalue weighted by molar-refractivity contribution is -0.137. The van der Waals surface area contributed by atoms with E-state index in [0.717, 1.165) is 38.8 Å². The fourth-order valence-corrected chi connectivity index (χ4v) is 3.57. The van der Waals surface area contributed by atoms with Crippen molar-refractivity contribution in [3.8, 4) is 0 Å². The van der Waals surface area contributed by atoms with Crippen LogP contribution >= 0.6 is 0 Å². The molecular formula is C15H27N3O2. The van der Waals surface area contributed by atoms with Crippen molar-refractivity contribution >= 4 is 11.8 Å². The molecule has 1 heterocycles. The molecule has 20 heavy (non-hydrogen) atoms. The molecule has 114 valence electrons. The number of nitrogens with zero attached hydrogens (tertiary/aromatic N) is 2. The van der Waals surface area contributed by atoms with Gasteiger partial charge in [-0.05, 0) is 31.6 Å². The third-order valence-corrected chi connectivity index (χ3v) is 4.58. The molecule has 3 atom stereocenters. The summed E-state index contributed by atoms with van der Waals surface area (Å²) < 4.78 is 0. The van der Waals surface area contributed by atoms with Gasteiger partial charge in [-0.15, -0.1) is 0 Å². The lowest BCUT2D eigenvalue weighted by Crippen LogP contribution is -2.44. The number of carbonyl (C=O) groups is 2. The van der Waals surface area contributed by atoms with E-state index in [1.807, 2.05) is 9.80 Å². The lowest BCUT2D eigenvalue weighted by atomic mass is 9.79. The summed E-state index contributed by atoms with van der Waals surface area (Å²) in [5.41, 5.74) is 6.05. The van der Waals surface area contributed by atoms with E-state index in [9.17, 15) is 9.59 Å². The third kappa shape index (κ3) is 3.72. The smallest absolute Gasteiger partial charge is 0.225 e. The van der Waals surface area contributed by atoms with Crippen LogP contribution < -0.4 is 5.73 Å². The van der Waals surface area contributed by atoms with E-state index < -0.39 is 0 Å². The normalized spacial score (nSPS) is 31.9. The zero-order valence-electron chi connectivity index (χ0n) is 12.7. The number of nitrogens with two attached hydrogens (primary N) is 1. The minimum absolute atomic E-state index is 0.0811. The SMILES string of the molecule is CC(=O)N1CCCN(C(=O)C2CC(C)CC(N)C2)CC1. The average molecular weight is 281 g/mol. The monoisotopic (exact) mass is 281 g/mol. The molecule has 0 aromatic carbocycles. The molecule has 2 N–H and O–H groups in total. The van der Waals surface area contributed by atoms with Crippen molar-refractivity contribution in [2.75, 3.05) is 26.2 Å². The molecule has 2 fully saturated rings. The first-order valence-electron chi connectivity index (χ1n) is 7.77. The molecule has 1 aliphatic carbocycles. The summed E-state index contributed by atoms with van der Waals surface area (Å²) in [5.74, 6) is 0.969. The van der Waals surface area contributed by atoms with Crippen LogP contribution in [-0.2, 0) is 9.59 Å². The summed E-state index contributed by atoms with van der Waals surface area (Å²) in [5, 5.41) is 0. The van der Waals surface area contributed by atoms with Crippen LogP contribution in [0.3, 0.4) is 0 Å². The minimum Gasteiger partial charge on any atom is -0.341 e. The van der Waals surface area contributed by atoms with E-state index in [-0.39, 0.29) is 23.8 Å². The van der Waals surface area contributed by atoms with Crippen LogP contribution in [0.1, 0.15) is 39.5 Å². The van der Waals surface area contributed by atoms with E-state index in [0.29, 0.717) is 19.0 Å². The molecule has 5 heteroatoms. The summed E-state index contributed by atoms with van der Waals surface area (Å²) >= 11 is 0. The first-order valence-corrected chi connectivity index (χ1v) is 7.77.